The number of aliphatic hydroxyl groups is 1. The lowest BCUT2D eigenvalue weighted by molar-refractivity contribution is -0.120. The Labute approximate surface area is 238 Å². The topological polar surface area (TPSA) is 111 Å². The average Bonchev–Trinajstić information content (AvgIpc) is 3.56. The molecule has 210 valence electrons. The fourth-order valence-electron chi connectivity index (χ4n) is 5.79. The number of anilines is 3. The number of amides is 2. The molecule has 3 aliphatic rings. The van der Waals surface area contributed by atoms with Gasteiger partial charge in [-0.2, -0.15) is 0 Å². The van der Waals surface area contributed by atoms with Gasteiger partial charge in [0.05, 0.1) is 42.3 Å². The van der Waals surface area contributed by atoms with E-state index in [0.29, 0.717) is 54.0 Å². The second-order valence-corrected chi connectivity index (χ2v) is 10.6. The molecule has 0 atom stereocenters. The first-order valence-electron chi connectivity index (χ1n) is 13.9. The molecule has 0 bridgehead atoms. The molecule has 3 aliphatic heterocycles. The van der Waals surface area contributed by atoms with E-state index < -0.39 is 5.97 Å². The zero-order valence-corrected chi connectivity index (χ0v) is 22.9. The van der Waals surface area contributed by atoms with Crippen molar-refractivity contribution >= 4 is 46.1 Å². The molecule has 6 rings (SSSR count). The number of nitrogens with one attached hydrogen (secondary N) is 2. The summed E-state index contributed by atoms with van der Waals surface area (Å²) < 4.78 is 4.83. The first-order valence-corrected chi connectivity index (χ1v) is 13.9. The van der Waals surface area contributed by atoms with E-state index in [1.54, 1.807) is 18.2 Å². The van der Waals surface area contributed by atoms with Gasteiger partial charge in [-0.1, -0.05) is 36.4 Å². The Morgan fingerprint density at radius 1 is 1.00 bits per heavy atom. The highest BCUT2D eigenvalue weighted by atomic mass is 16.5. The number of rotatable bonds is 6. The number of carbonyl (C=O) groups is 3. The minimum absolute atomic E-state index is 0.0681. The molecule has 0 aromatic heterocycles. The van der Waals surface area contributed by atoms with Gasteiger partial charge in [-0.25, -0.2) is 4.79 Å². The van der Waals surface area contributed by atoms with Crippen molar-refractivity contribution in [2.24, 2.45) is 0 Å². The minimum Gasteiger partial charge on any atom is -0.465 e. The van der Waals surface area contributed by atoms with Crippen molar-refractivity contribution < 1.29 is 24.2 Å². The van der Waals surface area contributed by atoms with Crippen LogP contribution >= 0.6 is 0 Å². The second kappa shape index (κ2) is 11.2. The van der Waals surface area contributed by atoms with Gasteiger partial charge in [0, 0.05) is 36.6 Å². The Morgan fingerprint density at radius 2 is 1.78 bits per heavy atom. The molecule has 0 spiro atoms. The predicted molar refractivity (Wildman–Crippen MR) is 157 cm³/mol. The van der Waals surface area contributed by atoms with Gasteiger partial charge in [-0.3, -0.25) is 14.5 Å². The van der Waals surface area contributed by atoms with Crippen molar-refractivity contribution in [2.75, 3.05) is 48.8 Å². The van der Waals surface area contributed by atoms with Gasteiger partial charge in [-0.15, -0.1) is 0 Å². The van der Waals surface area contributed by atoms with Crippen LogP contribution in [0, 0.1) is 0 Å². The first kappa shape index (κ1) is 26.7. The standard InChI is InChI=1S/C32H32N4O5/c1-41-32(40)22-7-9-25-26(18-22)34-31(39)29(25)30(20-5-3-2-4-6-20)33-23-8-10-27-21(17-23)11-16-36(27)28(38)19-35-14-12-24(37)13-15-35/h2-10,17-18,24,33,37H,11-16,19H2,1H3,(H,34,39)/b30-29-. The summed E-state index contributed by atoms with van der Waals surface area (Å²) in [4.78, 5) is 42.4. The minimum atomic E-state index is -0.471. The van der Waals surface area contributed by atoms with Crippen molar-refractivity contribution in [2.45, 2.75) is 25.4 Å². The van der Waals surface area contributed by atoms with Crippen molar-refractivity contribution in [1.29, 1.82) is 0 Å². The summed E-state index contributed by atoms with van der Waals surface area (Å²) in [6.07, 6.45) is 1.88. The Kier molecular flexibility index (Phi) is 7.30. The maximum atomic E-state index is 13.3. The summed E-state index contributed by atoms with van der Waals surface area (Å²) in [7, 11) is 1.32. The van der Waals surface area contributed by atoms with Crippen LogP contribution < -0.4 is 15.5 Å². The van der Waals surface area contributed by atoms with Crippen LogP contribution in [0.25, 0.3) is 11.3 Å². The maximum absolute atomic E-state index is 13.3. The normalized spacial score (nSPS) is 18.0. The SMILES string of the molecule is COC(=O)c1ccc2c(c1)NC(=O)/C2=C(\Nc1ccc2c(c1)CCN2C(=O)CN1CCC(O)CC1)c1ccccc1. The Balaban J connectivity index is 1.29. The van der Waals surface area contributed by atoms with Crippen molar-refractivity contribution in [3.63, 3.8) is 0 Å². The number of hydrogen-bond acceptors (Lipinski definition) is 7. The largest absolute Gasteiger partial charge is 0.465 e. The maximum Gasteiger partial charge on any atom is 0.337 e. The Hall–Kier alpha value is -4.47. The highest BCUT2D eigenvalue weighted by molar-refractivity contribution is 6.37. The molecule has 9 nitrogen and oxygen atoms in total. The fourth-order valence-corrected chi connectivity index (χ4v) is 5.79. The number of ether oxygens (including phenoxy) is 1. The lowest BCUT2D eigenvalue weighted by Gasteiger charge is -2.30. The number of hydrogen-bond donors (Lipinski definition) is 3. The molecule has 0 radical (unpaired) electrons. The highest BCUT2D eigenvalue weighted by Crippen LogP contribution is 2.39. The molecule has 0 unspecified atom stereocenters. The number of carbonyl (C=O) groups excluding carboxylic acids is 3. The van der Waals surface area contributed by atoms with Gasteiger partial charge in [0.25, 0.3) is 5.91 Å². The highest BCUT2D eigenvalue weighted by Gasteiger charge is 2.31. The Bertz CT molecular complexity index is 1540. The van der Waals surface area contributed by atoms with E-state index in [-0.39, 0.29) is 17.9 Å². The van der Waals surface area contributed by atoms with Gasteiger partial charge in [-0.05, 0) is 60.7 Å². The number of nitrogens with zero attached hydrogens (tertiary/aromatic N) is 2. The van der Waals surface area contributed by atoms with Crippen LogP contribution in [0.2, 0.25) is 0 Å². The number of esters is 1. The van der Waals surface area contributed by atoms with Crippen LogP contribution in [0.4, 0.5) is 17.1 Å². The molecule has 2 amide bonds. The average molecular weight is 553 g/mol. The molecule has 3 aromatic rings. The van der Waals surface area contributed by atoms with Crippen LogP contribution in [0.5, 0.6) is 0 Å². The summed E-state index contributed by atoms with van der Waals surface area (Å²) in [5.41, 5.74) is 6.34. The van der Waals surface area contributed by atoms with E-state index in [1.165, 1.54) is 7.11 Å². The second-order valence-electron chi connectivity index (χ2n) is 10.6. The third kappa shape index (κ3) is 5.33. The lowest BCUT2D eigenvalue weighted by atomic mass is 9.99. The van der Waals surface area contributed by atoms with Gasteiger partial charge >= 0.3 is 5.97 Å². The quantitative estimate of drug-likeness (QED) is 0.316. The van der Waals surface area contributed by atoms with Gasteiger partial charge < -0.3 is 25.4 Å². The van der Waals surface area contributed by atoms with Crippen molar-refractivity contribution in [3.8, 4) is 0 Å². The van der Waals surface area contributed by atoms with E-state index in [4.69, 9.17) is 4.74 Å². The van der Waals surface area contributed by atoms with Crippen LogP contribution in [-0.2, 0) is 20.7 Å². The van der Waals surface area contributed by atoms with Gasteiger partial charge in [0.1, 0.15) is 0 Å². The molecule has 9 heteroatoms. The molecule has 0 saturated carbocycles. The molecule has 1 fully saturated rings. The van der Waals surface area contributed by atoms with E-state index in [0.717, 1.165) is 42.0 Å². The number of aliphatic hydroxyl groups excluding tert-OH is 1. The van der Waals surface area contributed by atoms with E-state index in [1.807, 2.05) is 53.4 Å². The first-order chi connectivity index (χ1) is 19.9. The summed E-state index contributed by atoms with van der Waals surface area (Å²) in [6.45, 7) is 2.43. The van der Waals surface area contributed by atoms with Crippen LogP contribution in [0.15, 0.2) is 66.7 Å². The molecular weight excluding hydrogens is 520 g/mol. The Morgan fingerprint density at radius 3 is 2.54 bits per heavy atom. The summed E-state index contributed by atoms with van der Waals surface area (Å²) in [6, 6.07) is 20.6. The third-order valence-corrected chi connectivity index (χ3v) is 7.96. The summed E-state index contributed by atoms with van der Waals surface area (Å²) in [5, 5.41) is 16.2. The number of likely N-dealkylation sites (tertiary alicyclic amines) is 1. The zero-order chi connectivity index (χ0) is 28.5. The van der Waals surface area contributed by atoms with Crippen LogP contribution in [0.3, 0.4) is 0 Å². The van der Waals surface area contributed by atoms with E-state index >= 15 is 0 Å². The third-order valence-electron chi connectivity index (χ3n) is 7.96. The predicted octanol–water partition coefficient (Wildman–Crippen LogP) is 3.75. The van der Waals surface area contributed by atoms with Crippen molar-refractivity contribution in [1.82, 2.24) is 4.90 Å². The zero-order valence-electron chi connectivity index (χ0n) is 22.9. The van der Waals surface area contributed by atoms with E-state index in [9.17, 15) is 19.5 Å². The molecule has 3 heterocycles. The van der Waals surface area contributed by atoms with E-state index in [2.05, 4.69) is 15.5 Å². The molecule has 0 aliphatic carbocycles. The lowest BCUT2D eigenvalue weighted by Crippen LogP contribution is -2.43. The molecule has 41 heavy (non-hydrogen) atoms. The number of methoxy groups -OCH3 is 1. The van der Waals surface area contributed by atoms with Crippen molar-refractivity contribution in [3.05, 3.63) is 89.0 Å². The smallest absolute Gasteiger partial charge is 0.337 e. The van der Waals surface area contributed by atoms with Crippen LogP contribution in [-0.4, -0.2) is 67.2 Å². The molecule has 3 N–H and O–H groups in total. The fraction of sp³-hybridized carbons (Fsp3) is 0.281. The summed E-state index contributed by atoms with van der Waals surface area (Å²) in [5.74, 6) is -0.670. The molecule has 3 aromatic carbocycles. The monoisotopic (exact) mass is 552 g/mol. The number of benzene rings is 3. The van der Waals surface area contributed by atoms with Crippen LogP contribution in [0.1, 0.15) is 39.9 Å². The summed E-state index contributed by atoms with van der Waals surface area (Å²) >= 11 is 0. The van der Waals surface area contributed by atoms with Gasteiger partial charge in [0.2, 0.25) is 5.91 Å². The van der Waals surface area contributed by atoms with Gasteiger partial charge in [0.15, 0.2) is 0 Å². The number of fused-ring (bicyclic) bond motifs is 2. The molecule has 1 saturated heterocycles. The number of piperidine rings is 1. The molecular formula is C32H32N4O5.